The molecule has 0 saturated heterocycles. The Morgan fingerprint density at radius 3 is 2.53 bits per heavy atom. The average molecular weight is 329 g/mol. The molecule has 0 amide bonds. The van der Waals surface area contributed by atoms with Crippen molar-refractivity contribution in [3.05, 3.63) is 28.2 Å². The molecule has 4 heteroatoms. The summed E-state index contributed by atoms with van der Waals surface area (Å²) in [7, 11) is 0. The number of aliphatic hydroxyl groups is 1. The van der Waals surface area contributed by atoms with E-state index in [1.54, 1.807) is 0 Å². The molecule has 1 rings (SSSR count). The van der Waals surface area contributed by atoms with Crippen molar-refractivity contribution in [3.63, 3.8) is 0 Å². The molecule has 1 unspecified atom stereocenters. The van der Waals surface area contributed by atoms with Crippen LogP contribution in [0.5, 0.6) is 0 Å². The van der Waals surface area contributed by atoms with Crippen molar-refractivity contribution in [1.82, 2.24) is 4.90 Å². The first kappa shape index (κ1) is 16.5. The van der Waals surface area contributed by atoms with Crippen molar-refractivity contribution >= 4 is 21.6 Å². The van der Waals surface area contributed by atoms with Gasteiger partial charge in [0.05, 0.1) is 6.10 Å². The van der Waals surface area contributed by atoms with Gasteiger partial charge in [-0.15, -0.1) is 0 Å². The number of hydrogen-bond acceptors (Lipinski definition) is 3. The fourth-order valence-corrected chi connectivity index (χ4v) is 2.51. The smallest absolute Gasteiger partial charge is 0.0839 e. The van der Waals surface area contributed by atoms with Crippen LogP contribution in [0.1, 0.15) is 26.3 Å². The number of aryl methyl sites for hydroxylation is 1. The summed E-state index contributed by atoms with van der Waals surface area (Å²) in [4.78, 5) is 2.23. The van der Waals surface area contributed by atoms with E-state index < -0.39 is 0 Å². The number of aliphatic hydroxyl groups excluding tert-OH is 1. The predicted octanol–water partition coefficient (Wildman–Crippen LogP) is 3.13. The Labute approximate surface area is 125 Å². The second kappa shape index (κ2) is 8.56. The lowest BCUT2D eigenvalue weighted by atomic mass is 10.1. The Kier molecular flexibility index (Phi) is 7.42. The van der Waals surface area contributed by atoms with Crippen molar-refractivity contribution in [2.24, 2.45) is 0 Å². The monoisotopic (exact) mass is 328 g/mol. The van der Waals surface area contributed by atoms with Gasteiger partial charge in [-0.2, -0.15) is 0 Å². The first-order valence-corrected chi connectivity index (χ1v) is 7.82. The third-order valence-electron chi connectivity index (χ3n) is 3.34. The van der Waals surface area contributed by atoms with Crippen LogP contribution in [-0.4, -0.2) is 42.3 Å². The van der Waals surface area contributed by atoms with Gasteiger partial charge >= 0.3 is 0 Å². The highest BCUT2D eigenvalue weighted by Crippen LogP contribution is 2.21. The van der Waals surface area contributed by atoms with Crippen LogP contribution in [0.3, 0.4) is 0 Å². The number of rotatable bonds is 8. The number of nitrogens with zero attached hydrogens (tertiary/aromatic N) is 1. The Morgan fingerprint density at radius 1 is 1.26 bits per heavy atom. The van der Waals surface area contributed by atoms with Crippen LogP contribution in [0.4, 0.5) is 5.69 Å². The lowest BCUT2D eigenvalue weighted by molar-refractivity contribution is 0.128. The van der Waals surface area contributed by atoms with Gasteiger partial charge in [-0.3, -0.25) is 0 Å². The summed E-state index contributed by atoms with van der Waals surface area (Å²) in [5, 5.41) is 13.4. The van der Waals surface area contributed by atoms with E-state index >= 15 is 0 Å². The zero-order chi connectivity index (χ0) is 14.3. The van der Waals surface area contributed by atoms with Crippen molar-refractivity contribution in [2.45, 2.75) is 33.3 Å². The van der Waals surface area contributed by atoms with Gasteiger partial charge in [0.25, 0.3) is 0 Å². The molecule has 1 atom stereocenters. The molecule has 0 spiro atoms. The molecule has 0 saturated carbocycles. The summed E-state index contributed by atoms with van der Waals surface area (Å²) >= 11 is 3.48. The molecule has 1 aromatic rings. The summed E-state index contributed by atoms with van der Waals surface area (Å²) in [6.07, 6.45) is 0.640. The number of benzene rings is 1. The molecule has 0 aromatic heterocycles. The molecule has 0 fully saturated rings. The van der Waals surface area contributed by atoms with Crippen molar-refractivity contribution < 1.29 is 5.11 Å². The lowest BCUT2D eigenvalue weighted by Crippen LogP contribution is -2.36. The Morgan fingerprint density at radius 2 is 1.95 bits per heavy atom. The maximum absolute atomic E-state index is 10.0. The Bertz CT molecular complexity index is 380. The van der Waals surface area contributed by atoms with Crippen molar-refractivity contribution in [1.29, 1.82) is 0 Å². The minimum absolute atomic E-state index is 0.340. The minimum Gasteiger partial charge on any atom is -0.390 e. The van der Waals surface area contributed by atoms with E-state index in [-0.39, 0.29) is 6.10 Å². The van der Waals surface area contributed by atoms with Crippen LogP contribution in [-0.2, 0) is 6.42 Å². The van der Waals surface area contributed by atoms with E-state index in [2.05, 4.69) is 59.1 Å². The van der Waals surface area contributed by atoms with E-state index in [9.17, 15) is 5.11 Å². The Hall–Kier alpha value is -0.580. The molecule has 0 heterocycles. The van der Waals surface area contributed by atoms with Gasteiger partial charge < -0.3 is 15.3 Å². The fourth-order valence-electron chi connectivity index (χ4n) is 2.10. The molecular formula is C15H25BrN2O. The topological polar surface area (TPSA) is 35.5 Å². The largest absolute Gasteiger partial charge is 0.390 e. The highest BCUT2D eigenvalue weighted by atomic mass is 79.9. The van der Waals surface area contributed by atoms with Gasteiger partial charge in [-0.1, -0.05) is 36.7 Å². The molecule has 1 aromatic carbocycles. The van der Waals surface area contributed by atoms with Gasteiger partial charge in [0.15, 0.2) is 0 Å². The third-order valence-corrected chi connectivity index (χ3v) is 3.83. The van der Waals surface area contributed by atoms with E-state index in [4.69, 9.17) is 0 Å². The fraction of sp³-hybridized carbons (Fsp3) is 0.600. The molecule has 0 aliphatic carbocycles. The minimum atomic E-state index is -0.340. The van der Waals surface area contributed by atoms with E-state index in [0.29, 0.717) is 6.54 Å². The summed E-state index contributed by atoms with van der Waals surface area (Å²) < 4.78 is 1.10. The number of hydrogen-bond donors (Lipinski definition) is 2. The summed E-state index contributed by atoms with van der Waals surface area (Å²) in [5.74, 6) is 0. The quantitative estimate of drug-likeness (QED) is 0.769. The molecular weight excluding hydrogens is 304 g/mol. The van der Waals surface area contributed by atoms with Gasteiger partial charge in [0.2, 0.25) is 0 Å². The molecule has 0 aliphatic rings. The molecule has 0 radical (unpaired) electrons. The van der Waals surface area contributed by atoms with Crippen LogP contribution in [0.2, 0.25) is 0 Å². The lowest BCUT2D eigenvalue weighted by Gasteiger charge is -2.22. The molecule has 19 heavy (non-hydrogen) atoms. The third kappa shape index (κ3) is 5.51. The number of nitrogens with one attached hydrogen (secondary N) is 1. The SMILES string of the molecule is CCc1cc(Br)ccc1NCC(O)CN(CC)CC. The van der Waals surface area contributed by atoms with Crippen LogP contribution in [0, 0.1) is 0 Å². The summed E-state index contributed by atoms with van der Waals surface area (Å²) in [6.45, 7) is 9.64. The first-order chi connectivity index (χ1) is 9.10. The molecule has 0 aliphatic heterocycles. The molecule has 0 bridgehead atoms. The van der Waals surface area contributed by atoms with E-state index in [0.717, 1.165) is 36.2 Å². The maximum atomic E-state index is 10.0. The van der Waals surface area contributed by atoms with Crippen LogP contribution >= 0.6 is 15.9 Å². The van der Waals surface area contributed by atoms with Gasteiger partial charge in [-0.25, -0.2) is 0 Å². The number of halogens is 1. The second-order valence-electron chi connectivity index (χ2n) is 4.68. The second-order valence-corrected chi connectivity index (χ2v) is 5.59. The van der Waals surface area contributed by atoms with Gasteiger partial charge in [0, 0.05) is 23.2 Å². The molecule has 3 nitrogen and oxygen atoms in total. The first-order valence-electron chi connectivity index (χ1n) is 7.03. The van der Waals surface area contributed by atoms with E-state index in [1.165, 1.54) is 5.56 Å². The Balaban J connectivity index is 2.52. The highest BCUT2D eigenvalue weighted by molar-refractivity contribution is 9.10. The van der Waals surface area contributed by atoms with Gasteiger partial charge in [0.1, 0.15) is 0 Å². The van der Waals surface area contributed by atoms with Crippen molar-refractivity contribution in [2.75, 3.05) is 31.5 Å². The van der Waals surface area contributed by atoms with Crippen molar-refractivity contribution in [3.8, 4) is 0 Å². The number of likely N-dealkylation sites (N-methyl/N-ethyl adjacent to an activating group) is 1. The normalized spacial score (nSPS) is 12.7. The zero-order valence-corrected chi connectivity index (χ0v) is 13.7. The standard InChI is InChI=1S/C15H25BrN2O/c1-4-12-9-13(16)7-8-15(12)17-10-14(19)11-18(5-2)6-3/h7-9,14,17,19H,4-6,10-11H2,1-3H3. The van der Waals surface area contributed by atoms with Gasteiger partial charge in [-0.05, 0) is 43.3 Å². The molecule has 2 N–H and O–H groups in total. The molecule has 108 valence electrons. The maximum Gasteiger partial charge on any atom is 0.0839 e. The van der Waals surface area contributed by atoms with E-state index in [1.807, 2.05) is 6.07 Å². The summed E-state index contributed by atoms with van der Waals surface area (Å²) in [6, 6.07) is 6.21. The van der Waals surface area contributed by atoms with Crippen LogP contribution in [0.25, 0.3) is 0 Å². The average Bonchev–Trinajstić information content (AvgIpc) is 2.43. The predicted molar refractivity (Wildman–Crippen MR) is 85.8 cm³/mol. The summed E-state index contributed by atoms with van der Waals surface area (Å²) in [5.41, 5.74) is 2.38. The van der Waals surface area contributed by atoms with Crippen LogP contribution < -0.4 is 5.32 Å². The highest BCUT2D eigenvalue weighted by Gasteiger charge is 2.09. The van der Waals surface area contributed by atoms with Crippen LogP contribution in [0.15, 0.2) is 22.7 Å². The number of anilines is 1. The zero-order valence-electron chi connectivity index (χ0n) is 12.1.